The topological polar surface area (TPSA) is 37.3 Å². The third-order valence-electron chi connectivity index (χ3n) is 4.87. The van der Waals surface area contributed by atoms with Gasteiger partial charge in [-0.15, -0.1) is 0 Å². The number of unbranched alkanes of at least 4 members (excludes halogenated alkanes) is 1. The Bertz CT molecular complexity index is 752. The molecule has 0 aliphatic heterocycles. The molecule has 0 aliphatic rings. The molecule has 0 unspecified atom stereocenters. The second-order valence-corrected chi connectivity index (χ2v) is 10.8. The van der Waals surface area contributed by atoms with E-state index in [4.69, 9.17) is 5.11 Å². The Labute approximate surface area is 163 Å². The van der Waals surface area contributed by atoms with E-state index in [2.05, 4.69) is 61.2 Å². The first-order valence-electron chi connectivity index (χ1n) is 9.43. The van der Waals surface area contributed by atoms with Crippen LogP contribution in [0.15, 0.2) is 96.9 Å². The van der Waals surface area contributed by atoms with Crippen molar-refractivity contribution >= 4 is 23.8 Å². The Hall–Kier alpha value is -2.44. The maximum absolute atomic E-state index is 10.9. The fraction of sp³-hybridized carbons (Fsp3) is 0.208. The third-order valence-corrected chi connectivity index (χ3v) is 9.88. The van der Waals surface area contributed by atoms with Crippen molar-refractivity contribution < 1.29 is 9.90 Å². The van der Waals surface area contributed by atoms with E-state index in [1.165, 1.54) is 10.6 Å². The van der Waals surface area contributed by atoms with Gasteiger partial charge < -0.3 is 0 Å². The zero-order valence-electron chi connectivity index (χ0n) is 16.0. The van der Waals surface area contributed by atoms with E-state index in [1.54, 1.807) is 0 Å². The van der Waals surface area contributed by atoms with Gasteiger partial charge in [-0.2, -0.15) is 0 Å². The van der Waals surface area contributed by atoms with Crippen LogP contribution in [-0.2, 0) is 4.79 Å². The van der Waals surface area contributed by atoms with E-state index in [-0.39, 0.29) is 6.42 Å². The van der Waals surface area contributed by atoms with Gasteiger partial charge in [0.15, 0.2) is 0 Å². The van der Waals surface area contributed by atoms with Gasteiger partial charge in [0.25, 0.3) is 0 Å². The molecule has 3 heteroatoms. The van der Waals surface area contributed by atoms with Gasteiger partial charge in [-0.25, -0.2) is 0 Å². The molecular weight excluding hydrogens is 351 g/mol. The molecule has 142 valence electrons. The number of rotatable bonds is 10. The van der Waals surface area contributed by atoms with Gasteiger partial charge in [0.1, 0.15) is 0 Å². The van der Waals surface area contributed by atoms with Crippen molar-refractivity contribution in [3.63, 3.8) is 0 Å². The second-order valence-electron chi connectivity index (χ2n) is 6.65. The molecule has 0 saturated heterocycles. The molecule has 0 aliphatic carbocycles. The summed E-state index contributed by atoms with van der Waals surface area (Å²) in [4.78, 5) is 10.9. The molecule has 0 bridgehead atoms. The number of aliphatic carboxylic acids is 1. The number of allylic oxidation sites excluding steroid dienone is 5. The van der Waals surface area contributed by atoms with Crippen LogP contribution in [0, 0.1) is 0 Å². The van der Waals surface area contributed by atoms with Crippen LogP contribution in [0.2, 0.25) is 0 Å². The van der Waals surface area contributed by atoms with Crippen molar-refractivity contribution in [2.45, 2.75) is 26.2 Å². The van der Waals surface area contributed by atoms with E-state index >= 15 is 0 Å². The summed E-state index contributed by atoms with van der Waals surface area (Å²) in [5.41, 5.74) is 0. The molecule has 2 aromatic carbocycles. The summed E-state index contributed by atoms with van der Waals surface area (Å²) in [7, 11) is -2.28. The van der Waals surface area contributed by atoms with Gasteiger partial charge in [0, 0.05) is 0 Å². The minimum atomic E-state index is -2.28. The van der Waals surface area contributed by atoms with Crippen molar-refractivity contribution in [1.29, 1.82) is 0 Å². The zero-order valence-corrected chi connectivity index (χ0v) is 17.0. The van der Waals surface area contributed by atoms with Gasteiger partial charge in [0.2, 0.25) is 0 Å². The van der Waals surface area contributed by atoms with Crippen LogP contribution < -0.4 is 10.6 Å². The van der Waals surface area contributed by atoms with Crippen LogP contribution >= 0.6 is 7.26 Å². The standard InChI is InChI=1S/C24H29O2P/c1-3-4-7-14-21(2)27(20-13-12-19-24(25)26,22-15-8-5-9-16-22)23-17-10-6-11-18-23/h3-11,14-18,27H,2,12-13,19-20H2,1H3,(H,25,26)/b4-3-,14-7-. The molecule has 2 rings (SSSR count). The van der Waals surface area contributed by atoms with E-state index in [9.17, 15) is 4.79 Å². The van der Waals surface area contributed by atoms with E-state index < -0.39 is 13.2 Å². The fourth-order valence-corrected chi connectivity index (χ4v) is 8.18. The summed E-state index contributed by atoms with van der Waals surface area (Å²) in [6, 6.07) is 21.2. The van der Waals surface area contributed by atoms with Crippen molar-refractivity contribution in [1.82, 2.24) is 0 Å². The minimum absolute atomic E-state index is 0.217. The molecule has 0 heterocycles. The van der Waals surface area contributed by atoms with Gasteiger partial charge in [-0.05, 0) is 0 Å². The molecule has 0 fully saturated rings. The second kappa shape index (κ2) is 10.6. The number of carbonyl (C=O) groups is 1. The Balaban J connectivity index is 2.51. The first-order chi connectivity index (χ1) is 13.1. The quantitative estimate of drug-likeness (QED) is 0.345. The van der Waals surface area contributed by atoms with Gasteiger partial charge in [-0.1, -0.05) is 0 Å². The number of hydrogen-bond acceptors (Lipinski definition) is 1. The normalized spacial score (nSPS) is 12.5. The number of carboxylic acid groups (broad SMARTS) is 1. The molecule has 0 amide bonds. The zero-order chi connectivity index (χ0) is 19.5. The van der Waals surface area contributed by atoms with Crippen LogP contribution in [0.25, 0.3) is 0 Å². The van der Waals surface area contributed by atoms with Crippen LogP contribution in [0.4, 0.5) is 0 Å². The van der Waals surface area contributed by atoms with Gasteiger partial charge >= 0.3 is 163 Å². The van der Waals surface area contributed by atoms with Crippen LogP contribution in [0.3, 0.4) is 0 Å². The van der Waals surface area contributed by atoms with Crippen molar-refractivity contribution in [3.05, 3.63) is 96.9 Å². The summed E-state index contributed by atoms with van der Waals surface area (Å²) >= 11 is 0. The third kappa shape index (κ3) is 5.52. The van der Waals surface area contributed by atoms with Gasteiger partial charge in [-0.3, -0.25) is 0 Å². The molecule has 0 spiro atoms. The average molecular weight is 380 g/mol. The van der Waals surface area contributed by atoms with Crippen LogP contribution in [0.5, 0.6) is 0 Å². The summed E-state index contributed by atoms with van der Waals surface area (Å²) < 4.78 is 0. The molecule has 0 radical (unpaired) electrons. The summed E-state index contributed by atoms with van der Waals surface area (Å²) in [6.07, 6.45) is 10.9. The number of benzene rings is 2. The van der Waals surface area contributed by atoms with Gasteiger partial charge in [0.05, 0.1) is 0 Å². The molecule has 0 saturated carbocycles. The summed E-state index contributed by atoms with van der Waals surface area (Å²) in [6.45, 7) is 6.49. The average Bonchev–Trinajstić information content (AvgIpc) is 2.69. The molecule has 27 heavy (non-hydrogen) atoms. The summed E-state index contributed by atoms with van der Waals surface area (Å²) in [5, 5.41) is 12.8. The predicted molar refractivity (Wildman–Crippen MR) is 120 cm³/mol. The van der Waals surface area contributed by atoms with Crippen molar-refractivity contribution in [3.8, 4) is 0 Å². The molecule has 0 aromatic heterocycles. The first-order valence-corrected chi connectivity index (χ1v) is 11.6. The Morgan fingerprint density at radius 2 is 1.52 bits per heavy atom. The molecule has 2 nitrogen and oxygen atoms in total. The molecule has 2 aromatic rings. The van der Waals surface area contributed by atoms with E-state index in [1.807, 2.05) is 37.3 Å². The van der Waals surface area contributed by atoms with E-state index in [0.29, 0.717) is 6.42 Å². The number of hydrogen-bond donors (Lipinski definition) is 1. The Morgan fingerprint density at radius 3 is 2.00 bits per heavy atom. The maximum atomic E-state index is 10.9. The van der Waals surface area contributed by atoms with E-state index in [0.717, 1.165) is 17.9 Å². The van der Waals surface area contributed by atoms with Crippen molar-refractivity contribution in [2.24, 2.45) is 0 Å². The number of carboxylic acids is 1. The first kappa shape index (κ1) is 20.9. The monoisotopic (exact) mass is 380 g/mol. The summed E-state index contributed by atoms with van der Waals surface area (Å²) in [5.74, 6) is -0.728. The predicted octanol–water partition coefficient (Wildman–Crippen LogP) is 5.29. The van der Waals surface area contributed by atoms with Crippen LogP contribution in [0.1, 0.15) is 26.2 Å². The van der Waals surface area contributed by atoms with Crippen molar-refractivity contribution in [2.75, 3.05) is 6.16 Å². The Kier molecular flexibility index (Phi) is 8.23. The SMILES string of the molecule is C=C(/C=C\C=C/C)[PH](CCCCC(=O)O)(c1ccccc1)c1ccccc1. The molecular formula is C24H29O2P. The fourth-order valence-electron chi connectivity index (χ4n) is 3.52. The Morgan fingerprint density at radius 1 is 0.963 bits per heavy atom. The molecule has 1 N–H and O–H groups in total. The molecule has 0 atom stereocenters. The van der Waals surface area contributed by atoms with Crippen LogP contribution in [-0.4, -0.2) is 17.2 Å².